The zero-order valence-electron chi connectivity index (χ0n) is 14.1. The van der Waals surface area contributed by atoms with Gasteiger partial charge in [-0.1, -0.05) is 18.2 Å². The van der Waals surface area contributed by atoms with Crippen molar-refractivity contribution in [1.82, 2.24) is 24.5 Å². The van der Waals surface area contributed by atoms with Crippen molar-refractivity contribution in [1.29, 1.82) is 0 Å². The molecule has 2 aromatic carbocycles. The third kappa shape index (κ3) is 3.56. The van der Waals surface area contributed by atoms with E-state index in [2.05, 4.69) is 25.3 Å². The first kappa shape index (κ1) is 16.9. The minimum Gasteiger partial charge on any atom is -0.427 e. The molecule has 0 saturated carbocycles. The van der Waals surface area contributed by atoms with Gasteiger partial charge in [0, 0.05) is 18.7 Å². The number of rotatable bonds is 4. The van der Waals surface area contributed by atoms with Gasteiger partial charge in [0.15, 0.2) is 0 Å². The van der Waals surface area contributed by atoms with Gasteiger partial charge >= 0.3 is 5.97 Å². The highest BCUT2D eigenvalue weighted by Crippen LogP contribution is 2.24. The average Bonchev–Trinajstić information content (AvgIpc) is 2.97. The quantitative estimate of drug-likeness (QED) is 0.427. The Bertz CT molecular complexity index is 1140. The summed E-state index contributed by atoms with van der Waals surface area (Å²) in [6, 6.07) is 14.4. The molecular weight excluding hydrogens is 368 g/mol. The molecule has 2 aromatic heterocycles. The summed E-state index contributed by atoms with van der Waals surface area (Å²) in [4.78, 5) is 28.1. The SMILES string of the molecule is CC(=O)Oc1cccc(Nc2ncnc(-n3c(Cl)nc4ccccc43)n2)c1. The van der Waals surface area contributed by atoms with Crippen LogP contribution in [0, 0.1) is 0 Å². The van der Waals surface area contributed by atoms with Gasteiger partial charge in [-0.3, -0.25) is 9.36 Å². The van der Waals surface area contributed by atoms with Gasteiger partial charge in [0.05, 0.1) is 11.0 Å². The molecule has 0 aliphatic heterocycles. The second-order valence-corrected chi connectivity index (χ2v) is 5.90. The van der Waals surface area contributed by atoms with E-state index >= 15 is 0 Å². The predicted octanol–water partition coefficient (Wildman–Crippen LogP) is 3.53. The first-order chi connectivity index (χ1) is 13.1. The first-order valence-corrected chi connectivity index (χ1v) is 8.36. The number of esters is 1. The van der Waals surface area contributed by atoms with Crippen LogP contribution < -0.4 is 10.1 Å². The summed E-state index contributed by atoms with van der Waals surface area (Å²) >= 11 is 6.27. The average molecular weight is 381 g/mol. The van der Waals surface area contributed by atoms with E-state index in [9.17, 15) is 4.79 Å². The van der Waals surface area contributed by atoms with Crippen LogP contribution in [0.3, 0.4) is 0 Å². The number of fused-ring (bicyclic) bond motifs is 1. The second kappa shape index (κ2) is 7.00. The van der Waals surface area contributed by atoms with Gasteiger partial charge in [-0.25, -0.2) is 15.0 Å². The van der Waals surface area contributed by atoms with Crippen molar-refractivity contribution in [3.8, 4) is 11.7 Å². The van der Waals surface area contributed by atoms with Crippen molar-refractivity contribution in [3.05, 3.63) is 60.1 Å². The summed E-state index contributed by atoms with van der Waals surface area (Å²) in [5.74, 6) is 0.679. The molecule has 27 heavy (non-hydrogen) atoms. The van der Waals surface area contributed by atoms with Crippen molar-refractivity contribution in [2.75, 3.05) is 5.32 Å². The summed E-state index contributed by atoms with van der Waals surface area (Å²) in [5.41, 5.74) is 2.19. The standard InChI is InChI=1S/C18H13ClN6O2/c1-11(26)27-13-6-4-5-12(9-13)22-17-20-10-21-18(24-17)25-15-8-3-2-7-14(15)23-16(25)19/h2-10H,1H3,(H,20,21,22,24). The van der Waals surface area contributed by atoms with Gasteiger partial charge in [0.25, 0.3) is 0 Å². The fourth-order valence-electron chi connectivity index (χ4n) is 2.57. The maximum absolute atomic E-state index is 11.1. The number of ether oxygens (including phenoxy) is 1. The molecule has 4 rings (SSSR count). The molecule has 134 valence electrons. The number of carbonyl (C=O) groups excluding carboxylic acids is 1. The van der Waals surface area contributed by atoms with Gasteiger partial charge in [0.1, 0.15) is 12.1 Å². The van der Waals surface area contributed by atoms with Crippen LogP contribution in [-0.2, 0) is 4.79 Å². The van der Waals surface area contributed by atoms with E-state index < -0.39 is 5.97 Å². The Morgan fingerprint density at radius 2 is 1.96 bits per heavy atom. The van der Waals surface area contributed by atoms with E-state index in [1.54, 1.807) is 28.8 Å². The third-order valence-electron chi connectivity index (χ3n) is 3.63. The summed E-state index contributed by atoms with van der Waals surface area (Å²) in [5, 5.41) is 3.31. The highest BCUT2D eigenvalue weighted by atomic mass is 35.5. The lowest BCUT2D eigenvalue weighted by Crippen LogP contribution is -2.06. The maximum atomic E-state index is 11.1. The number of anilines is 2. The topological polar surface area (TPSA) is 94.8 Å². The number of carbonyl (C=O) groups is 1. The highest BCUT2D eigenvalue weighted by Gasteiger charge is 2.13. The molecule has 2 heterocycles. The van der Waals surface area contributed by atoms with E-state index in [4.69, 9.17) is 16.3 Å². The van der Waals surface area contributed by atoms with Gasteiger partial charge in [-0.05, 0) is 35.9 Å². The van der Waals surface area contributed by atoms with Crippen LogP contribution in [-0.4, -0.2) is 30.5 Å². The van der Waals surface area contributed by atoms with Crippen molar-refractivity contribution < 1.29 is 9.53 Å². The molecule has 0 bridgehead atoms. The number of hydrogen-bond donors (Lipinski definition) is 1. The number of nitrogens with zero attached hydrogens (tertiary/aromatic N) is 5. The molecule has 0 atom stereocenters. The lowest BCUT2D eigenvalue weighted by atomic mass is 10.3. The molecule has 0 aliphatic rings. The fourth-order valence-corrected chi connectivity index (χ4v) is 2.83. The smallest absolute Gasteiger partial charge is 0.308 e. The highest BCUT2D eigenvalue weighted by molar-refractivity contribution is 6.29. The minimum atomic E-state index is -0.392. The lowest BCUT2D eigenvalue weighted by molar-refractivity contribution is -0.131. The Labute approximate surface area is 158 Å². The first-order valence-electron chi connectivity index (χ1n) is 7.98. The summed E-state index contributed by atoms with van der Waals surface area (Å²) in [7, 11) is 0. The third-order valence-corrected chi connectivity index (χ3v) is 3.88. The van der Waals surface area contributed by atoms with Gasteiger partial charge in [-0.2, -0.15) is 4.98 Å². The number of benzene rings is 2. The van der Waals surface area contributed by atoms with Gasteiger partial charge < -0.3 is 10.1 Å². The molecule has 0 unspecified atom stereocenters. The Morgan fingerprint density at radius 1 is 1.11 bits per heavy atom. The zero-order valence-corrected chi connectivity index (χ0v) is 14.9. The second-order valence-electron chi connectivity index (χ2n) is 5.56. The molecule has 0 aliphatic carbocycles. The van der Waals surface area contributed by atoms with Crippen molar-refractivity contribution in [3.63, 3.8) is 0 Å². The minimum absolute atomic E-state index is 0.255. The Kier molecular flexibility index (Phi) is 4.39. The Morgan fingerprint density at radius 3 is 2.81 bits per heavy atom. The van der Waals surface area contributed by atoms with Gasteiger partial charge in [-0.15, -0.1) is 0 Å². The van der Waals surface area contributed by atoms with Crippen LogP contribution in [0.1, 0.15) is 6.92 Å². The molecule has 8 nitrogen and oxygen atoms in total. The van der Waals surface area contributed by atoms with E-state index in [1.807, 2.05) is 24.3 Å². The van der Waals surface area contributed by atoms with Crippen LogP contribution in [0.15, 0.2) is 54.9 Å². The molecule has 9 heteroatoms. The lowest BCUT2D eigenvalue weighted by Gasteiger charge is -2.08. The number of imidazole rings is 1. The molecule has 1 N–H and O–H groups in total. The van der Waals surface area contributed by atoms with E-state index in [-0.39, 0.29) is 5.28 Å². The van der Waals surface area contributed by atoms with E-state index in [1.165, 1.54) is 13.3 Å². The van der Waals surface area contributed by atoms with E-state index in [0.29, 0.717) is 23.3 Å². The van der Waals surface area contributed by atoms with Crippen LogP contribution in [0.5, 0.6) is 5.75 Å². The fraction of sp³-hybridized carbons (Fsp3) is 0.0556. The molecule has 0 amide bonds. The molecule has 0 fully saturated rings. The molecule has 4 aromatic rings. The van der Waals surface area contributed by atoms with Crippen LogP contribution in [0.4, 0.5) is 11.6 Å². The summed E-state index contributed by atoms with van der Waals surface area (Å²) in [6.45, 7) is 1.34. The number of hydrogen-bond acceptors (Lipinski definition) is 7. The Hall–Kier alpha value is -3.52. The number of nitrogens with one attached hydrogen (secondary N) is 1. The van der Waals surface area contributed by atoms with Crippen molar-refractivity contribution >= 4 is 40.2 Å². The number of aromatic nitrogens is 5. The number of para-hydroxylation sites is 2. The van der Waals surface area contributed by atoms with Crippen LogP contribution >= 0.6 is 11.6 Å². The van der Waals surface area contributed by atoms with Crippen LogP contribution in [0.2, 0.25) is 5.28 Å². The van der Waals surface area contributed by atoms with Crippen molar-refractivity contribution in [2.45, 2.75) is 6.92 Å². The largest absolute Gasteiger partial charge is 0.427 e. The number of halogens is 1. The zero-order chi connectivity index (χ0) is 18.8. The molecular formula is C18H13ClN6O2. The predicted molar refractivity (Wildman–Crippen MR) is 100 cm³/mol. The van der Waals surface area contributed by atoms with Crippen molar-refractivity contribution in [2.24, 2.45) is 0 Å². The monoisotopic (exact) mass is 380 g/mol. The normalized spacial score (nSPS) is 10.7. The van der Waals surface area contributed by atoms with Crippen LogP contribution in [0.25, 0.3) is 17.0 Å². The molecule has 0 saturated heterocycles. The summed E-state index contributed by atoms with van der Waals surface area (Å²) in [6.07, 6.45) is 1.38. The molecule has 0 spiro atoms. The van der Waals surface area contributed by atoms with Gasteiger partial charge in [0.2, 0.25) is 17.2 Å². The summed E-state index contributed by atoms with van der Waals surface area (Å²) < 4.78 is 6.72. The van der Waals surface area contributed by atoms with E-state index in [0.717, 1.165) is 11.0 Å². The molecule has 0 radical (unpaired) electrons. The Balaban J connectivity index is 1.67. The maximum Gasteiger partial charge on any atom is 0.308 e.